The number of aryl methyl sites for hydroxylation is 1. The number of benzene rings is 1. The zero-order chi connectivity index (χ0) is 19.9. The Morgan fingerprint density at radius 3 is 2.52 bits per heavy atom. The van der Waals surface area contributed by atoms with Crippen LogP contribution in [0.2, 0.25) is 0 Å². The lowest BCUT2D eigenvalue weighted by Gasteiger charge is -2.17. The summed E-state index contributed by atoms with van der Waals surface area (Å²) in [5.41, 5.74) is 3.63. The van der Waals surface area contributed by atoms with Gasteiger partial charge in [-0.25, -0.2) is 9.97 Å². The van der Waals surface area contributed by atoms with Gasteiger partial charge in [0.15, 0.2) is 0 Å². The van der Waals surface area contributed by atoms with E-state index in [0.717, 1.165) is 37.3 Å². The van der Waals surface area contributed by atoms with Crippen LogP contribution in [-0.2, 0) is 6.42 Å². The smallest absolute Gasteiger partial charge is 0.232 e. The van der Waals surface area contributed by atoms with E-state index in [1.54, 1.807) is 0 Å². The summed E-state index contributed by atoms with van der Waals surface area (Å²) in [6, 6.07) is 15.3. The van der Waals surface area contributed by atoms with Crippen LogP contribution in [0.1, 0.15) is 86.0 Å². The van der Waals surface area contributed by atoms with Gasteiger partial charge in [-0.05, 0) is 62.7 Å². The molecule has 1 atom stereocenters. The van der Waals surface area contributed by atoms with Crippen molar-refractivity contribution in [3.63, 3.8) is 0 Å². The normalized spacial score (nSPS) is 21.0. The number of hydrogen-bond donors (Lipinski definition) is 0. The molecule has 1 unspecified atom stereocenters. The molecule has 1 aromatic heterocycles. The molecule has 1 aromatic carbocycles. The Kier molecular flexibility index (Phi) is 6.90. The van der Waals surface area contributed by atoms with Gasteiger partial charge in [0.2, 0.25) is 5.82 Å². The topological polar surface area (TPSA) is 52.8 Å². The summed E-state index contributed by atoms with van der Waals surface area (Å²) in [5, 5.41) is 9.39. The molecule has 1 aliphatic carbocycles. The molecule has 0 radical (unpaired) electrons. The molecule has 2 aromatic rings. The van der Waals surface area contributed by atoms with Crippen molar-refractivity contribution in [2.24, 2.45) is 0 Å². The third-order valence-electron chi connectivity index (χ3n) is 6.62. The lowest BCUT2D eigenvalue weighted by atomic mass is 9.95. The summed E-state index contributed by atoms with van der Waals surface area (Å²) in [6.07, 6.45) is 10.9. The van der Waals surface area contributed by atoms with E-state index in [-0.39, 0.29) is 0 Å². The average molecular weight is 389 g/mol. The molecule has 1 saturated carbocycles. The van der Waals surface area contributed by atoms with Crippen LogP contribution in [0.4, 0.5) is 0 Å². The second-order valence-electron chi connectivity index (χ2n) is 8.71. The van der Waals surface area contributed by atoms with Crippen molar-refractivity contribution in [2.45, 2.75) is 69.6 Å². The highest BCUT2D eigenvalue weighted by molar-refractivity contribution is 5.22. The molecular formula is C25H32N4. The summed E-state index contributed by atoms with van der Waals surface area (Å²) in [4.78, 5) is 11.6. The summed E-state index contributed by atoms with van der Waals surface area (Å²) in [7, 11) is 0. The van der Waals surface area contributed by atoms with E-state index in [2.05, 4.69) is 57.3 Å². The molecule has 2 fully saturated rings. The Labute approximate surface area is 175 Å². The van der Waals surface area contributed by atoms with Gasteiger partial charge in [0.05, 0.1) is 0 Å². The molecular weight excluding hydrogens is 356 g/mol. The molecule has 4 heteroatoms. The van der Waals surface area contributed by atoms with E-state index in [0.29, 0.717) is 17.7 Å². The molecule has 0 bridgehead atoms. The van der Waals surface area contributed by atoms with Crippen molar-refractivity contribution in [3.05, 3.63) is 59.2 Å². The van der Waals surface area contributed by atoms with Gasteiger partial charge in [-0.3, -0.25) is 0 Å². The van der Waals surface area contributed by atoms with Crippen molar-refractivity contribution < 1.29 is 0 Å². The maximum absolute atomic E-state index is 9.39. The monoisotopic (exact) mass is 388 g/mol. The van der Waals surface area contributed by atoms with E-state index in [1.807, 2.05) is 0 Å². The highest BCUT2D eigenvalue weighted by atomic mass is 15.1. The van der Waals surface area contributed by atoms with Crippen LogP contribution in [0.25, 0.3) is 0 Å². The molecule has 1 saturated heterocycles. The predicted molar refractivity (Wildman–Crippen MR) is 116 cm³/mol. The highest BCUT2D eigenvalue weighted by Crippen LogP contribution is 2.31. The zero-order valence-electron chi connectivity index (χ0n) is 17.4. The van der Waals surface area contributed by atoms with Crippen molar-refractivity contribution >= 4 is 0 Å². The SMILES string of the molecule is N#Cc1nc(CCCN2CCC(c3ccccc3)C2)cc(C2CCCCCC2)n1. The Morgan fingerprint density at radius 1 is 0.966 bits per heavy atom. The standard InChI is InChI=1S/C25H32N4/c26-18-25-27-23(17-24(28-25)21-11-4-1-2-5-12-21)13-8-15-29-16-14-22(19-29)20-9-6-3-7-10-20/h3,6-7,9-10,17,21-22H,1-2,4-5,8,11-16,19H2. The van der Waals surface area contributed by atoms with E-state index in [9.17, 15) is 5.26 Å². The number of likely N-dealkylation sites (tertiary alicyclic amines) is 1. The fraction of sp³-hybridized carbons (Fsp3) is 0.560. The van der Waals surface area contributed by atoms with Gasteiger partial charge in [-0.1, -0.05) is 56.0 Å². The Morgan fingerprint density at radius 2 is 1.76 bits per heavy atom. The van der Waals surface area contributed by atoms with Gasteiger partial charge in [0.1, 0.15) is 6.07 Å². The minimum absolute atomic E-state index is 0.354. The van der Waals surface area contributed by atoms with Gasteiger partial charge < -0.3 is 4.90 Å². The minimum Gasteiger partial charge on any atom is -0.303 e. The average Bonchev–Trinajstić information content (AvgIpc) is 3.07. The molecule has 0 amide bonds. The number of aromatic nitrogens is 2. The Hall–Kier alpha value is -2.25. The first-order valence-electron chi connectivity index (χ1n) is 11.4. The van der Waals surface area contributed by atoms with Crippen LogP contribution < -0.4 is 0 Å². The third-order valence-corrected chi connectivity index (χ3v) is 6.62. The zero-order valence-corrected chi connectivity index (χ0v) is 17.4. The first-order chi connectivity index (χ1) is 14.3. The number of nitrogens with zero attached hydrogens (tertiary/aromatic N) is 4. The Balaban J connectivity index is 1.32. The van der Waals surface area contributed by atoms with Crippen LogP contribution in [0.5, 0.6) is 0 Å². The van der Waals surface area contributed by atoms with E-state index >= 15 is 0 Å². The van der Waals surface area contributed by atoms with Crippen molar-refractivity contribution in [1.82, 2.24) is 14.9 Å². The highest BCUT2D eigenvalue weighted by Gasteiger charge is 2.23. The van der Waals surface area contributed by atoms with Gasteiger partial charge in [0.25, 0.3) is 0 Å². The second kappa shape index (κ2) is 9.98. The van der Waals surface area contributed by atoms with Crippen molar-refractivity contribution in [3.8, 4) is 6.07 Å². The summed E-state index contributed by atoms with van der Waals surface area (Å²) in [5.74, 6) is 1.53. The molecule has 4 nitrogen and oxygen atoms in total. The summed E-state index contributed by atoms with van der Waals surface area (Å²) >= 11 is 0. The third kappa shape index (κ3) is 5.42. The molecule has 2 aliphatic rings. The van der Waals surface area contributed by atoms with Gasteiger partial charge in [-0.2, -0.15) is 5.26 Å². The first kappa shape index (κ1) is 20.0. The lowest BCUT2D eigenvalue weighted by Crippen LogP contribution is -2.22. The lowest BCUT2D eigenvalue weighted by molar-refractivity contribution is 0.329. The Bertz CT molecular complexity index is 818. The van der Waals surface area contributed by atoms with E-state index < -0.39 is 0 Å². The molecule has 0 spiro atoms. The minimum atomic E-state index is 0.354. The predicted octanol–water partition coefficient (Wildman–Crippen LogP) is 5.21. The molecule has 152 valence electrons. The van der Waals surface area contributed by atoms with Crippen LogP contribution in [-0.4, -0.2) is 34.5 Å². The quantitative estimate of drug-likeness (QED) is 0.638. The van der Waals surface area contributed by atoms with Gasteiger partial charge in [-0.15, -0.1) is 0 Å². The fourth-order valence-corrected chi connectivity index (χ4v) is 5.00. The maximum atomic E-state index is 9.39. The number of hydrogen-bond acceptors (Lipinski definition) is 4. The van der Waals surface area contributed by atoms with Crippen molar-refractivity contribution in [2.75, 3.05) is 19.6 Å². The van der Waals surface area contributed by atoms with Crippen LogP contribution in [0, 0.1) is 11.3 Å². The van der Waals surface area contributed by atoms with Gasteiger partial charge in [0, 0.05) is 23.9 Å². The fourth-order valence-electron chi connectivity index (χ4n) is 5.00. The van der Waals surface area contributed by atoms with E-state index in [1.165, 1.54) is 57.1 Å². The number of rotatable bonds is 6. The summed E-state index contributed by atoms with van der Waals surface area (Å²) < 4.78 is 0. The molecule has 4 rings (SSSR count). The van der Waals surface area contributed by atoms with Crippen molar-refractivity contribution in [1.29, 1.82) is 5.26 Å². The van der Waals surface area contributed by atoms with Crippen LogP contribution >= 0.6 is 0 Å². The largest absolute Gasteiger partial charge is 0.303 e. The van der Waals surface area contributed by atoms with Crippen LogP contribution in [0.3, 0.4) is 0 Å². The first-order valence-corrected chi connectivity index (χ1v) is 11.4. The summed E-state index contributed by atoms with van der Waals surface area (Å²) in [6.45, 7) is 3.44. The molecule has 2 heterocycles. The number of nitriles is 1. The molecule has 0 N–H and O–H groups in total. The molecule has 29 heavy (non-hydrogen) atoms. The molecule has 1 aliphatic heterocycles. The van der Waals surface area contributed by atoms with Gasteiger partial charge >= 0.3 is 0 Å². The van der Waals surface area contributed by atoms with E-state index in [4.69, 9.17) is 0 Å². The maximum Gasteiger partial charge on any atom is 0.232 e. The second-order valence-corrected chi connectivity index (χ2v) is 8.71. The van der Waals surface area contributed by atoms with Crippen LogP contribution in [0.15, 0.2) is 36.4 Å².